The predicted molar refractivity (Wildman–Crippen MR) is 140 cm³/mol. The SMILES string of the molecule is CC(=O)c1ccc(F)c(-c2ccc(N)c(C(=O)Nc3cnccc3N3CCC(N)CC3)n2)c1.CCN. The minimum absolute atomic E-state index is 0.0457. The number of nitrogens with two attached hydrogens (primary N) is 3. The summed E-state index contributed by atoms with van der Waals surface area (Å²) >= 11 is 0. The summed E-state index contributed by atoms with van der Waals surface area (Å²) < 4.78 is 14.5. The number of Topliss-reactive ketones (excluding diaryl/α,β-unsaturated/α-hetero) is 1. The van der Waals surface area contributed by atoms with Crippen LogP contribution in [0.15, 0.2) is 48.8 Å². The van der Waals surface area contributed by atoms with Crippen LogP contribution in [0.25, 0.3) is 11.3 Å². The zero-order valence-electron chi connectivity index (χ0n) is 20.5. The highest BCUT2D eigenvalue weighted by Crippen LogP contribution is 2.29. The van der Waals surface area contributed by atoms with Crippen LogP contribution in [0.5, 0.6) is 0 Å². The zero-order valence-corrected chi connectivity index (χ0v) is 20.5. The van der Waals surface area contributed by atoms with Crippen LogP contribution in [0.4, 0.5) is 21.5 Å². The number of anilines is 3. The number of halogens is 1. The maximum atomic E-state index is 14.5. The molecule has 0 spiro atoms. The number of nitrogen functional groups attached to an aromatic ring is 1. The molecule has 4 rings (SSSR count). The number of hydrogen-bond acceptors (Lipinski definition) is 8. The molecule has 0 radical (unpaired) electrons. The van der Waals surface area contributed by atoms with Crippen molar-refractivity contribution in [2.75, 3.05) is 35.6 Å². The standard InChI is InChI=1S/C24H25FN6O2.C2H7N/c1-14(32)15-2-3-18(25)17(12-15)20-5-4-19(27)23(29-20)24(33)30-21-13-28-9-6-22(21)31-10-7-16(26)8-11-31;1-2-3/h2-6,9,12-13,16H,7-8,10-11,26-27H2,1H3,(H,30,33);2-3H2,1H3. The highest BCUT2D eigenvalue weighted by atomic mass is 19.1. The maximum absolute atomic E-state index is 14.5. The molecule has 1 aromatic carbocycles. The number of nitrogens with one attached hydrogen (secondary N) is 1. The molecule has 3 aromatic rings. The van der Waals surface area contributed by atoms with Crippen LogP contribution in [0.3, 0.4) is 0 Å². The van der Waals surface area contributed by atoms with E-state index in [1.807, 2.05) is 13.0 Å². The van der Waals surface area contributed by atoms with Gasteiger partial charge in [0.2, 0.25) is 0 Å². The topological polar surface area (TPSA) is 153 Å². The summed E-state index contributed by atoms with van der Waals surface area (Å²) in [6, 6.07) is 9.05. The summed E-state index contributed by atoms with van der Waals surface area (Å²) in [7, 11) is 0. The molecule has 7 N–H and O–H groups in total. The Morgan fingerprint density at radius 3 is 2.53 bits per heavy atom. The van der Waals surface area contributed by atoms with E-state index < -0.39 is 11.7 Å². The highest BCUT2D eigenvalue weighted by Gasteiger charge is 2.21. The molecule has 2 aromatic heterocycles. The first-order chi connectivity index (χ1) is 17.2. The summed E-state index contributed by atoms with van der Waals surface area (Å²) in [5.41, 5.74) is 19.0. The van der Waals surface area contributed by atoms with E-state index in [-0.39, 0.29) is 34.5 Å². The fourth-order valence-corrected chi connectivity index (χ4v) is 3.82. The number of piperidine rings is 1. The second-order valence-electron chi connectivity index (χ2n) is 8.46. The van der Waals surface area contributed by atoms with Crippen molar-refractivity contribution >= 4 is 28.8 Å². The van der Waals surface area contributed by atoms with E-state index in [1.54, 1.807) is 12.4 Å². The van der Waals surface area contributed by atoms with Crippen molar-refractivity contribution in [3.8, 4) is 11.3 Å². The Hall–Kier alpha value is -3.89. The first-order valence-corrected chi connectivity index (χ1v) is 11.8. The van der Waals surface area contributed by atoms with Crippen LogP contribution in [-0.4, -0.2) is 47.3 Å². The van der Waals surface area contributed by atoms with Crippen molar-refractivity contribution in [3.63, 3.8) is 0 Å². The first-order valence-electron chi connectivity index (χ1n) is 11.8. The number of aromatic nitrogens is 2. The molecule has 1 fully saturated rings. The van der Waals surface area contributed by atoms with Crippen LogP contribution < -0.4 is 27.4 Å². The Bertz CT molecular complexity index is 1230. The van der Waals surface area contributed by atoms with Gasteiger partial charge in [0, 0.05) is 36.5 Å². The van der Waals surface area contributed by atoms with Crippen molar-refractivity contribution in [3.05, 3.63) is 65.9 Å². The minimum atomic E-state index is -0.554. The summed E-state index contributed by atoms with van der Waals surface area (Å²) in [5.74, 6) is -1.30. The molecule has 10 heteroatoms. The second-order valence-corrected chi connectivity index (χ2v) is 8.46. The molecule has 0 atom stereocenters. The van der Waals surface area contributed by atoms with E-state index in [9.17, 15) is 14.0 Å². The summed E-state index contributed by atoms with van der Waals surface area (Å²) in [5, 5.41) is 2.83. The molecular formula is C26H32FN7O2. The smallest absolute Gasteiger partial charge is 0.276 e. The van der Waals surface area contributed by atoms with Crippen molar-refractivity contribution < 1.29 is 14.0 Å². The first kappa shape index (κ1) is 26.7. The summed E-state index contributed by atoms with van der Waals surface area (Å²) in [4.78, 5) is 35.4. The lowest BCUT2D eigenvalue weighted by Crippen LogP contribution is -2.40. The lowest BCUT2D eigenvalue weighted by Gasteiger charge is -2.33. The maximum Gasteiger partial charge on any atom is 0.276 e. The average Bonchev–Trinajstić information content (AvgIpc) is 2.86. The van der Waals surface area contributed by atoms with Gasteiger partial charge >= 0.3 is 0 Å². The van der Waals surface area contributed by atoms with Gasteiger partial charge in [0.1, 0.15) is 5.82 Å². The number of pyridine rings is 2. The minimum Gasteiger partial charge on any atom is -0.397 e. The monoisotopic (exact) mass is 493 g/mol. The van der Waals surface area contributed by atoms with Gasteiger partial charge in [-0.25, -0.2) is 9.37 Å². The molecule has 36 heavy (non-hydrogen) atoms. The van der Waals surface area contributed by atoms with Gasteiger partial charge in [-0.1, -0.05) is 6.92 Å². The third-order valence-corrected chi connectivity index (χ3v) is 5.72. The predicted octanol–water partition coefficient (Wildman–Crippen LogP) is 3.21. The fraction of sp³-hybridized carbons (Fsp3) is 0.308. The van der Waals surface area contributed by atoms with Crippen molar-refractivity contribution in [1.82, 2.24) is 9.97 Å². The lowest BCUT2D eigenvalue weighted by molar-refractivity contribution is 0.101. The van der Waals surface area contributed by atoms with Gasteiger partial charge < -0.3 is 27.4 Å². The Kier molecular flexibility index (Phi) is 9.04. The Balaban J connectivity index is 0.00000115. The molecule has 0 unspecified atom stereocenters. The van der Waals surface area contributed by atoms with Gasteiger partial charge in [-0.15, -0.1) is 0 Å². The number of rotatable bonds is 5. The normalized spacial score (nSPS) is 13.5. The number of hydrogen-bond donors (Lipinski definition) is 4. The van der Waals surface area contributed by atoms with Gasteiger partial charge in [0.15, 0.2) is 11.5 Å². The number of ketones is 1. The van der Waals surface area contributed by atoms with Gasteiger partial charge in [0.25, 0.3) is 5.91 Å². The van der Waals surface area contributed by atoms with Crippen molar-refractivity contribution in [2.24, 2.45) is 11.5 Å². The van der Waals surface area contributed by atoms with E-state index in [1.165, 1.54) is 37.3 Å². The van der Waals surface area contributed by atoms with Crippen LogP contribution in [-0.2, 0) is 0 Å². The molecular weight excluding hydrogens is 461 g/mol. The fourth-order valence-electron chi connectivity index (χ4n) is 3.82. The number of amides is 1. The van der Waals surface area contributed by atoms with Crippen LogP contribution in [0.2, 0.25) is 0 Å². The molecule has 1 amide bonds. The number of carbonyl (C=O) groups is 2. The molecule has 0 saturated carbocycles. The van der Waals surface area contributed by atoms with E-state index >= 15 is 0 Å². The average molecular weight is 494 g/mol. The summed E-state index contributed by atoms with van der Waals surface area (Å²) in [6.07, 6.45) is 4.95. The molecule has 0 bridgehead atoms. The van der Waals surface area contributed by atoms with E-state index in [2.05, 4.69) is 20.2 Å². The number of nitrogens with zero attached hydrogens (tertiary/aromatic N) is 3. The molecule has 3 heterocycles. The van der Waals surface area contributed by atoms with Crippen LogP contribution in [0, 0.1) is 5.82 Å². The number of benzene rings is 1. The molecule has 9 nitrogen and oxygen atoms in total. The molecule has 1 aliphatic heterocycles. The van der Waals surface area contributed by atoms with Crippen molar-refractivity contribution in [1.29, 1.82) is 0 Å². The van der Waals surface area contributed by atoms with Crippen LogP contribution >= 0.6 is 0 Å². The highest BCUT2D eigenvalue weighted by molar-refractivity contribution is 6.08. The molecule has 1 aliphatic rings. The largest absolute Gasteiger partial charge is 0.397 e. The second kappa shape index (κ2) is 12.2. The van der Waals surface area contributed by atoms with Crippen LogP contribution in [0.1, 0.15) is 47.5 Å². The Morgan fingerprint density at radius 1 is 1.17 bits per heavy atom. The van der Waals surface area contributed by atoms with Crippen molar-refractivity contribution in [2.45, 2.75) is 32.7 Å². The quantitative estimate of drug-likeness (QED) is 0.395. The van der Waals surface area contributed by atoms with Gasteiger partial charge in [0.05, 0.1) is 29.0 Å². The Morgan fingerprint density at radius 2 is 1.86 bits per heavy atom. The van der Waals surface area contributed by atoms with Gasteiger partial charge in [-0.2, -0.15) is 0 Å². The number of carbonyl (C=O) groups excluding carboxylic acids is 2. The van der Waals surface area contributed by atoms with E-state index in [0.717, 1.165) is 38.2 Å². The third kappa shape index (κ3) is 6.41. The molecule has 190 valence electrons. The zero-order chi connectivity index (χ0) is 26.2. The summed E-state index contributed by atoms with van der Waals surface area (Å²) in [6.45, 7) is 5.60. The van der Waals surface area contributed by atoms with E-state index in [4.69, 9.17) is 17.2 Å². The van der Waals surface area contributed by atoms with Gasteiger partial charge in [-0.05, 0) is 62.7 Å². The molecule has 0 aliphatic carbocycles. The third-order valence-electron chi connectivity index (χ3n) is 5.72. The lowest BCUT2D eigenvalue weighted by atomic mass is 10.0. The molecule has 1 saturated heterocycles. The van der Waals surface area contributed by atoms with Gasteiger partial charge in [-0.3, -0.25) is 14.6 Å². The van der Waals surface area contributed by atoms with E-state index in [0.29, 0.717) is 11.3 Å². The Labute approximate surface area is 209 Å².